The lowest BCUT2D eigenvalue weighted by atomic mass is 10.3. The van der Waals surface area contributed by atoms with Gasteiger partial charge in [0.25, 0.3) is 5.91 Å². The van der Waals surface area contributed by atoms with E-state index < -0.39 is 5.54 Å². The first kappa shape index (κ1) is 11.1. The molecule has 1 saturated carbocycles. The number of aromatic amines is 1. The summed E-state index contributed by atoms with van der Waals surface area (Å²) in [7, 11) is 0. The Bertz CT molecular complexity index is 384. The van der Waals surface area contributed by atoms with Crippen LogP contribution in [0.15, 0.2) is 0 Å². The number of carbonyl (C=O) groups is 1. The Morgan fingerprint density at radius 1 is 1.62 bits per heavy atom. The summed E-state index contributed by atoms with van der Waals surface area (Å²) in [4.78, 5) is 15.8. The Balaban J connectivity index is 1.98. The molecule has 1 aliphatic rings. The van der Waals surface area contributed by atoms with Crippen molar-refractivity contribution in [2.75, 3.05) is 6.61 Å². The second-order valence-electron chi connectivity index (χ2n) is 4.25. The van der Waals surface area contributed by atoms with E-state index in [1.54, 1.807) is 0 Å². The lowest BCUT2D eigenvalue weighted by Crippen LogP contribution is -2.40. The van der Waals surface area contributed by atoms with E-state index in [4.69, 9.17) is 5.11 Å². The summed E-state index contributed by atoms with van der Waals surface area (Å²) >= 11 is 0. The molecule has 0 aromatic carbocycles. The maximum atomic E-state index is 11.7. The van der Waals surface area contributed by atoms with Crippen molar-refractivity contribution in [3.8, 4) is 0 Å². The van der Waals surface area contributed by atoms with E-state index in [9.17, 15) is 4.79 Å². The van der Waals surface area contributed by atoms with Gasteiger partial charge in [-0.05, 0) is 19.3 Å². The van der Waals surface area contributed by atoms with Crippen molar-refractivity contribution in [2.24, 2.45) is 0 Å². The standard InChI is InChI=1S/C10H16N4O2/c1-2-3-7-11-8(14-13-7)9(16)12-10(6-15)4-5-10/h15H,2-6H2,1H3,(H,12,16)(H,11,13,14). The van der Waals surface area contributed by atoms with Crippen molar-refractivity contribution in [1.82, 2.24) is 20.5 Å². The van der Waals surface area contributed by atoms with Gasteiger partial charge in [0.2, 0.25) is 5.82 Å². The highest BCUT2D eigenvalue weighted by Gasteiger charge is 2.44. The largest absolute Gasteiger partial charge is 0.394 e. The third kappa shape index (κ3) is 2.21. The van der Waals surface area contributed by atoms with E-state index in [1.807, 2.05) is 6.92 Å². The van der Waals surface area contributed by atoms with Gasteiger partial charge in [-0.15, -0.1) is 5.10 Å². The van der Waals surface area contributed by atoms with Crippen LogP contribution in [0.3, 0.4) is 0 Å². The zero-order chi connectivity index (χ0) is 11.6. The van der Waals surface area contributed by atoms with Gasteiger partial charge in [0, 0.05) is 6.42 Å². The number of amides is 1. The molecule has 1 aliphatic carbocycles. The molecule has 0 aliphatic heterocycles. The fourth-order valence-electron chi connectivity index (χ4n) is 1.52. The number of hydrogen-bond acceptors (Lipinski definition) is 4. The van der Waals surface area contributed by atoms with Crippen molar-refractivity contribution >= 4 is 5.91 Å². The Morgan fingerprint density at radius 2 is 2.38 bits per heavy atom. The van der Waals surface area contributed by atoms with Crippen LogP contribution < -0.4 is 5.32 Å². The van der Waals surface area contributed by atoms with Gasteiger partial charge in [0.15, 0.2) is 0 Å². The van der Waals surface area contributed by atoms with Crippen LogP contribution in [0.25, 0.3) is 0 Å². The van der Waals surface area contributed by atoms with Crippen LogP contribution in [-0.2, 0) is 6.42 Å². The Morgan fingerprint density at radius 3 is 2.94 bits per heavy atom. The first-order valence-electron chi connectivity index (χ1n) is 5.54. The molecule has 6 nitrogen and oxygen atoms in total. The molecule has 2 rings (SSSR count). The highest BCUT2D eigenvalue weighted by Crippen LogP contribution is 2.34. The minimum atomic E-state index is -0.414. The molecule has 0 spiro atoms. The van der Waals surface area contributed by atoms with Gasteiger partial charge in [-0.3, -0.25) is 9.89 Å². The molecule has 0 unspecified atom stereocenters. The Labute approximate surface area is 93.5 Å². The predicted octanol–water partition coefficient (Wildman–Crippen LogP) is 0.0119. The fourth-order valence-corrected chi connectivity index (χ4v) is 1.52. The van der Waals surface area contributed by atoms with Crippen LogP contribution in [0.4, 0.5) is 0 Å². The molecule has 1 heterocycles. The molecule has 0 saturated heterocycles. The fraction of sp³-hybridized carbons (Fsp3) is 0.700. The van der Waals surface area contributed by atoms with Crippen molar-refractivity contribution < 1.29 is 9.90 Å². The zero-order valence-electron chi connectivity index (χ0n) is 9.29. The van der Waals surface area contributed by atoms with Crippen LogP contribution in [0, 0.1) is 0 Å². The smallest absolute Gasteiger partial charge is 0.291 e. The molecular weight excluding hydrogens is 208 g/mol. The van der Waals surface area contributed by atoms with Crippen LogP contribution in [0.2, 0.25) is 0 Å². The zero-order valence-corrected chi connectivity index (χ0v) is 9.29. The summed E-state index contributed by atoms with van der Waals surface area (Å²) in [6.07, 6.45) is 3.38. The Kier molecular flexibility index (Phi) is 2.91. The third-order valence-electron chi connectivity index (χ3n) is 2.76. The van der Waals surface area contributed by atoms with Crippen molar-refractivity contribution in [3.63, 3.8) is 0 Å². The number of aliphatic hydroxyl groups excluding tert-OH is 1. The highest BCUT2D eigenvalue weighted by atomic mass is 16.3. The normalized spacial score (nSPS) is 17.1. The quantitative estimate of drug-likeness (QED) is 0.657. The molecule has 0 bridgehead atoms. The van der Waals surface area contributed by atoms with Crippen LogP contribution >= 0.6 is 0 Å². The monoisotopic (exact) mass is 224 g/mol. The number of H-pyrrole nitrogens is 1. The average Bonchev–Trinajstić information content (AvgIpc) is 2.88. The molecule has 1 aromatic rings. The van der Waals surface area contributed by atoms with E-state index in [2.05, 4.69) is 20.5 Å². The van der Waals surface area contributed by atoms with E-state index >= 15 is 0 Å². The van der Waals surface area contributed by atoms with Gasteiger partial charge < -0.3 is 10.4 Å². The third-order valence-corrected chi connectivity index (χ3v) is 2.76. The number of aliphatic hydroxyl groups is 1. The summed E-state index contributed by atoms with van der Waals surface area (Å²) in [6.45, 7) is 2.01. The van der Waals surface area contributed by atoms with Gasteiger partial charge in [-0.2, -0.15) is 0 Å². The molecule has 1 fully saturated rings. The molecule has 16 heavy (non-hydrogen) atoms. The summed E-state index contributed by atoms with van der Waals surface area (Å²) in [5.41, 5.74) is -0.414. The lowest BCUT2D eigenvalue weighted by Gasteiger charge is -2.11. The number of aryl methyl sites for hydroxylation is 1. The van der Waals surface area contributed by atoms with Gasteiger partial charge >= 0.3 is 0 Å². The first-order valence-corrected chi connectivity index (χ1v) is 5.54. The average molecular weight is 224 g/mol. The maximum absolute atomic E-state index is 11.7. The predicted molar refractivity (Wildman–Crippen MR) is 56.9 cm³/mol. The minimum absolute atomic E-state index is 0.0228. The number of aromatic nitrogens is 3. The van der Waals surface area contributed by atoms with Gasteiger partial charge in [-0.25, -0.2) is 4.98 Å². The Hall–Kier alpha value is -1.43. The molecular formula is C10H16N4O2. The minimum Gasteiger partial charge on any atom is -0.394 e. The maximum Gasteiger partial charge on any atom is 0.291 e. The van der Waals surface area contributed by atoms with Crippen LogP contribution in [-0.4, -0.2) is 38.3 Å². The second-order valence-corrected chi connectivity index (χ2v) is 4.25. The topological polar surface area (TPSA) is 90.9 Å². The van der Waals surface area contributed by atoms with E-state index in [1.165, 1.54) is 0 Å². The lowest BCUT2D eigenvalue weighted by molar-refractivity contribution is 0.0896. The van der Waals surface area contributed by atoms with Crippen LogP contribution in [0.5, 0.6) is 0 Å². The van der Waals surface area contributed by atoms with Gasteiger partial charge in [0.1, 0.15) is 5.82 Å². The highest BCUT2D eigenvalue weighted by molar-refractivity contribution is 5.91. The SMILES string of the molecule is CCCc1nc(C(=O)NC2(CO)CC2)n[nH]1. The summed E-state index contributed by atoms with van der Waals surface area (Å²) in [5, 5.41) is 18.4. The van der Waals surface area contributed by atoms with E-state index in [0.717, 1.165) is 31.5 Å². The van der Waals surface area contributed by atoms with Crippen molar-refractivity contribution in [3.05, 3.63) is 11.6 Å². The number of hydrogen-bond donors (Lipinski definition) is 3. The van der Waals surface area contributed by atoms with E-state index in [-0.39, 0.29) is 18.3 Å². The second kappa shape index (κ2) is 4.21. The number of rotatable bonds is 5. The van der Waals surface area contributed by atoms with E-state index in [0.29, 0.717) is 0 Å². The summed E-state index contributed by atoms with van der Waals surface area (Å²) < 4.78 is 0. The first-order chi connectivity index (χ1) is 7.69. The molecule has 1 aromatic heterocycles. The molecule has 3 N–H and O–H groups in total. The van der Waals surface area contributed by atoms with Crippen LogP contribution in [0.1, 0.15) is 42.6 Å². The van der Waals surface area contributed by atoms with Crippen molar-refractivity contribution in [2.45, 2.75) is 38.1 Å². The number of nitrogens with one attached hydrogen (secondary N) is 2. The number of carbonyl (C=O) groups excluding carboxylic acids is 1. The summed E-state index contributed by atoms with van der Waals surface area (Å²) in [5.74, 6) is 0.565. The molecule has 0 atom stereocenters. The van der Waals surface area contributed by atoms with Gasteiger partial charge in [-0.1, -0.05) is 6.92 Å². The molecule has 1 amide bonds. The van der Waals surface area contributed by atoms with Gasteiger partial charge in [0.05, 0.1) is 12.1 Å². The number of nitrogens with zero attached hydrogens (tertiary/aromatic N) is 2. The molecule has 6 heteroatoms. The molecule has 0 radical (unpaired) electrons. The molecule has 88 valence electrons. The van der Waals surface area contributed by atoms with Crippen molar-refractivity contribution in [1.29, 1.82) is 0 Å². The summed E-state index contributed by atoms with van der Waals surface area (Å²) in [6, 6.07) is 0.